The topological polar surface area (TPSA) is 133 Å². The van der Waals surface area contributed by atoms with Gasteiger partial charge in [0.05, 0.1) is 44.5 Å². The first-order chi connectivity index (χ1) is 15.7. The van der Waals surface area contributed by atoms with Crippen LogP contribution < -0.4 is 0 Å². The third kappa shape index (κ3) is 8.50. The molecule has 196 valence electrons. The summed E-state index contributed by atoms with van der Waals surface area (Å²) in [5.41, 5.74) is 0.873. The van der Waals surface area contributed by atoms with E-state index in [2.05, 4.69) is 0 Å². The van der Waals surface area contributed by atoms with Crippen LogP contribution in [0.25, 0.3) is 0 Å². The van der Waals surface area contributed by atoms with Crippen LogP contribution in [-0.4, -0.2) is 86.7 Å². The third-order valence-corrected chi connectivity index (χ3v) is 6.64. The van der Waals surface area contributed by atoms with E-state index < -0.39 is 50.1 Å². The largest absolute Gasteiger partial charge is 0.371 e. The number of ether oxygens (including phenoxy) is 5. The van der Waals surface area contributed by atoms with E-state index in [1.165, 1.54) is 14.2 Å². The van der Waals surface area contributed by atoms with E-state index >= 15 is 0 Å². The van der Waals surface area contributed by atoms with Gasteiger partial charge in [0.2, 0.25) is 11.6 Å². The molecule has 0 unspecified atom stereocenters. The molecule has 0 bridgehead atoms. The highest BCUT2D eigenvalue weighted by Gasteiger charge is 2.57. The van der Waals surface area contributed by atoms with Crippen molar-refractivity contribution in [2.75, 3.05) is 39.9 Å². The molecule has 1 fully saturated rings. The summed E-state index contributed by atoms with van der Waals surface area (Å²) in [5.74, 6) is -2.77. The molecular formula is C21H34O11S2. The predicted octanol–water partition coefficient (Wildman–Crippen LogP) is 1.42. The Bertz CT molecular complexity index is 983. The molecule has 1 aromatic carbocycles. The van der Waals surface area contributed by atoms with Crippen molar-refractivity contribution in [2.45, 2.75) is 56.8 Å². The van der Waals surface area contributed by atoms with Gasteiger partial charge in [0.15, 0.2) is 0 Å². The summed E-state index contributed by atoms with van der Waals surface area (Å²) in [6.07, 6.45) is -0.540. The van der Waals surface area contributed by atoms with Crippen LogP contribution in [-0.2, 0) is 58.9 Å². The normalized spacial score (nSPS) is 29.1. The molecule has 1 aliphatic heterocycles. The van der Waals surface area contributed by atoms with Crippen molar-refractivity contribution >= 4 is 20.2 Å². The van der Waals surface area contributed by atoms with Gasteiger partial charge in [-0.3, -0.25) is 8.37 Å². The number of hydrogen-bond donors (Lipinski definition) is 0. The van der Waals surface area contributed by atoms with Gasteiger partial charge in [-0.05, 0) is 19.4 Å². The summed E-state index contributed by atoms with van der Waals surface area (Å²) in [5, 5.41) is 0. The molecule has 0 N–H and O–H groups in total. The zero-order chi connectivity index (χ0) is 25.6. The molecule has 1 heterocycles. The third-order valence-electron chi connectivity index (χ3n) is 5.51. The molecule has 0 aromatic heterocycles. The van der Waals surface area contributed by atoms with E-state index in [1.54, 1.807) is 13.8 Å². The summed E-state index contributed by atoms with van der Waals surface area (Å²) in [7, 11) is -4.69. The molecular weight excluding hydrogens is 492 g/mol. The van der Waals surface area contributed by atoms with Crippen molar-refractivity contribution in [2.24, 2.45) is 0 Å². The van der Waals surface area contributed by atoms with Crippen LogP contribution in [0.1, 0.15) is 25.8 Å². The Balaban J connectivity index is 2.27. The van der Waals surface area contributed by atoms with E-state index in [1.807, 2.05) is 30.3 Å². The number of rotatable bonds is 13. The van der Waals surface area contributed by atoms with Gasteiger partial charge in [-0.15, -0.1) is 0 Å². The second kappa shape index (κ2) is 11.7. The van der Waals surface area contributed by atoms with Crippen LogP contribution in [0, 0.1) is 0 Å². The summed E-state index contributed by atoms with van der Waals surface area (Å²) < 4.78 is 85.6. The maximum atomic E-state index is 11.6. The highest BCUT2D eigenvalue weighted by Crippen LogP contribution is 2.40. The summed E-state index contributed by atoms with van der Waals surface area (Å²) in [6, 6.07) is 9.30. The molecule has 1 saturated heterocycles. The van der Waals surface area contributed by atoms with E-state index in [0.29, 0.717) is 0 Å². The van der Waals surface area contributed by atoms with Crippen molar-refractivity contribution in [3.8, 4) is 0 Å². The lowest BCUT2D eigenvalue weighted by Crippen LogP contribution is -2.66. The van der Waals surface area contributed by atoms with Gasteiger partial charge in [0, 0.05) is 20.6 Å². The van der Waals surface area contributed by atoms with E-state index in [4.69, 9.17) is 32.1 Å². The van der Waals surface area contributed by atoms with Crippen LogP contribution in [0.3, 0.4) is 0 Å². The van der Waals surface area contributed by atoms with Crippen molar-refractivity contribution < 1.29 is 48.9 Å². The van der Waals surface area contributed by atoms with Gasteiger partial charge >= 0.3 is 0 Å². The van der Waals surface area contributed by atoms with Gasteiger partial charge in [-0.1, -0.05) is 30.3 Å². The van der Waals surface area contributed by atoms with Gasteiger partial charge in [-0.2, -0.15) is 16.8 Å². The smallest absolute Gasteiger partial charge is 0.264 e. The average Bonchev–Trinajstić information content (AvgIpc) is 2.76. The van der Waals surface area contributed by atoms with Crippen molar-refractivity contribution in [3.63, 3.8) is 0 Å². The minimum Gasteiger partial charge on any atom is -0.371 e. The Hall–Kier alpha value is -1.16. The highest BCUT2D eigenvalue weighted by atomic mass is 32.2. The first-order valence-corrected chi connectivity index (χ1v) is 14.1. The molecule has 0 spiro atoms. The zero-order valence-corrected chi connectivity index (χ0v) is 21.9. The van der Waals surface area contributed by atoms with E-state index in [-0.39, 0.29) is 26.2 Å². The minimum atomic E-state index is -3.77. The second-order valence-corrected chi connectivity index (χ2v) is 11.5. The van der Waals surface area contributed by atoms with Crippen molar-refractivity contribution in [1.82, 2.24) is 0 Å². The summed E-state index contributed by atoms with van der Waals surface area (Å²) in [4.78, 5) is 0. The molecule has 0 saturated carbocycles. The van der Waals surface area contributed by atoms with Crippen LogP contribution in [0.5, 0.6) is 0 Å². The van der Waals surface area contributed by atoms with Crippen molar-refractivity contribution in [1.29, 1.82) is 0 Å². The van der Waals surface area contributed by atoms with Crippen LogP contribution in [0.4, 0.5) is 0 Å². The van der Waals surface area contributed by atoms with Gasteiger partial charge < -0.3 is 23.7 Å². The van der Waals surface area contributed by atoms with Crippen LogP contribution in [0.15, 0.2) is 30.3 Å². The molecule has 13 heteroatoms. The average molecular weight is 527 g/mol. The Labute approximate surface area is 201 Å². The van der Waals surface area contributed by atoms with Gasteiger partial charge in [0.1, 0.15) is 6.10 Å². The van der Waals surface area contributed by atoms with E-state index in [0.717, 1.165) is 18.1 Å². The first kappa shape index (κ1) is 29.1. The zero-order valence-electron chi connectivity index (χ0n) is 20.3. The Morgan fingerprint density at radius 2 is 1.41 bits per heavy atom. The number of hydrogen-bond acceptors (Lipinski definition) is 11. The SMILES string of the molecule is CO[C@@]1(C)O[C@H](COS(C)(=O)=O)[C@@H](C[C@@H](COS(C)(=O)=O)OCc2ccccc2)O[C@]1(C)OC. The minimum absolute atomic E-state index is 0.0822. The fourth-order valence-corrected chi connectivity index (χ4v) is 4.15. The standard InChI is InChI=1S/C21H34O11S2/c1-20(26-3)21(2,27-4)32-19(15-30-34(6,24)25)18(31-20)12-17(14-29-33(5,22)23)28-13-16-10-8-7-9-11-16/h7-11,17-19H,12-15H2,1-6H3/t17-,18+,19+,20-,21-/m0/s1. The van der Waals surface area contributed by atoms with Crippen LogP contribution >= 0.6 is 0 Å². The molecule has 5 atom stereocenters. The van der Waals surface area contributed by atoms with Crippen LogP contribution in [0.2, 0.25) is 0 Å². The lowest BCUT2D eigenvalue weighted by molar-refractivity contribution is -0.450. The lowest BCUT2D eigenvalue weighted by atomic mass is 10.00. The number of benzene rings is 1. The maximum absolute atomic E-state index is 11.6. The Kier molecular flexibility index (Phi) is 10.0. The second-order valence-electron chi connectivity index (χ2n) is 8.24. The molecule has 0 amide bonds. The predicted molar refractivity (Wildman–Crippen MR) is 122 cm³/mol. The molecule has 11 nitrogen and oxygen atoms in total. The fraction of sp³-hybridized carbons (Fsp3) is 0.714. The van der Waals surface area contributed by atoms with Gasteiger partial charge in [-0.25, -0.2) is 0 Å². The number of methoxy groups -OCH3 is 2. The van der Waals surface area contributed by atoms with Gasteiger partial charge in [0.25, 0.3) is 20.2 Å². The van der Waals surface area contributed by atoms with E-state index in [9.17, 15) is 16.8 Å². The lowest BCUT2D eigenvalue weighted by Gasteiger charge is -2.52. The summed E-state index contributed by atoms with van der Waals surface area (Å²) >= 11 is 0. The maximum Gasteiger partial charge on any atom is 0.264 e. The molecule has 0 aliphatic carbocycles. The Morgan fingerprint density at radius 3 is 1.91 bits per heavy atom. The molecule has 1 aliphatic rings. The summed E-state index contributed by atoms with van der Waals surface area (Å²) in [6.45, 7) is 2.76. The Morgan fingerprint density at radius 1 is 0.882 bits per heavy atom. The molecule has 2 rings (SSSR count). The molecule has 34 heavy (non-hydrogen) atoms. The quantitative estimate of drug-likeness (QED) is 0.346. The fourth-order valence-electron chi connectivity index (χ4n) is 3.37. The van der Waals surface area contributed by atoms with Crippen molar-refractivity contribution in [3.05, 3.63) is 35.9 Å². The first-order valence-electron chi connectivity index (χ1n) is 10.5. The highest BCUT2D eigenvalue weighted by molar-refractivity contribution is 7.86. The monoisotopic (exact) mass is 526 g/mol. The molecule has 1 aromatic rings. The molecule has 0 radical (unpaired) electrons.